The highest BCUT2D eigenvalue weighted by Crippen LogP contribution is 2.21. The second-order valence-corrected chi connectivity index (χ2v) is 4.72. The van der Waals surface area contributed by atoms with Gasteiger partial charge in [0.2, 0.25) is 12.3 Å². The predicted molar refractivity (Wildman–Crippen MR) is 88.4 cm³/mol. The first-order valence-corrected chi connectivity index (χ1v) is 7.06. The van der Waals surface area contributed by atoms with Crippen molar-refractivity contribution in [3.8, 4) is 5.75 Å². The molecule has 2 amide bonds. The standard InChI is InChI=1S/C16H17N3O5/c1-17-16-14(15(22)19-9-20)10(6-13(21)24-16)8-18-11-4-3-5-12(7-11)23-2/h3-7,9,17-18H,8H2,1-2H3,(H,19,20,22). The lowest BCUT2D eigenvalue weighted by molar-refractivity contribution is -0.108. The van der Waals surface area contributed by atoms with Gasteiger partial charge >= 0.3 is 5.63 Å². The molecule has 0 bridgehead atoms. The highest BCUT2D eigenvalue weighted by molar-refractivity contribution is 6.04. The molecule has 0 atom stereocenters. The monoisotopic (exact) mass is 331 g/mol. The summed E-state index contributed by atoms with van der Waals surface area (Å²) in [6.07, 6.45) is 0.270. The van der Waals surface area contributed by atoms with Gasteiger partial charge in [0.1, 0.15) is 11.3 Å². The Morgan fingerprint density at radius 2 is 2.12 bits per heavy atom. The third-order valence-corrected chi connectivity index (χ3v) is 3.24. The first-order chi connectivity index (χ1) is 11.6. The number of carbonyl (C=O) groups excluding carboxylic acids is 2. The quantitative estimate of drug-likeness (QED) is 0.654. The summed E-state index contributed by atoms with van der Waals surface area (Å²) in [7, 11) is 3.07. The van der Waals surface area contributed by atoms with E-state index in [9.17, 15) is 14.4 Å². The van der Waals surface area contributed by atoms with Crippen molar-refractivity contribution in [2.24, 2.45) is 0 Å². The van der Waals surface area contributed by atoms with Crippen LogP contribution >= 0.6 is 0 Å². The highest BCUT2D eigenvalue weighted by Gasteiger charge is 2.19. The number of carbonyl (C=O) groups is 2. The largest absolute Gasteiger partial charge is 0.497 e. The molecule has 0 saturated heterocycles. The Hall–Kier alpha value is -3.29. The smallest absolute Gasteiger partial charge is 0.337 e. The lowest BCUT2D eigenvalue weighted by atomic mass is 10.1. The van der Waals surface area contributed by atoms with Crippen molar-refractivity contribution in [2.45, 2.75) is 6.54 Å². The fraction of sp³-hybridized carbons (Fsp3) is 0.188. The van der Waals surface area contributed by atoms with E-state index in [-0.39, 0.29) is 24.4 Å². The van der Waals surface area contributed by atoms with Crippen LogP contribution in [0.3, 0.4) is 0 Å². The van der Waals surface area contributed by atoms with Crippen molar-refractivity contribution in [3.05, 3.63) is 51.9 Å². The number of imide groups is 1. The summed E-state index contributed by atoms with van der Waals surface area (Å²) < 4.78 is 10.1. The van der Waals surface area contributed by atoms with Crippen molar-refractivity contribution in [1.29, 1.82) is 0 Å². The van der Waals surface area contributed by atoms with Gasteiger partial charge in [-0.25, -0.2) is 4.79 Å². The normalized spacial score (nSPS) is 9.92. The Kier molecular flexibility index (Phi) is 5.56. The maximum Gasteiger partial charge on any atom is 0.337 e. The number of methoxy groups -OCH3 is 1. The summed E-state index contributed by atoms with van der Waals surface area (Å²) in [5.74, 6) is -0.00718. The molecular weight excluding hydrogens is 314 g/mol. The average molecular weight is 331 g/mol. The van der Waals surface area contributed by atoms with E-state index in [2.05, 4.69) is 10.6 Å². The number of rotatable bonds is 7. The molecule has 0 radical (unpaired) electrons. The van der Waals surface area contributed by atoms with Crippen LogP contribution in [0.15, 0.2) is 39.5 Å². The molecule has 2 aromatic rings. The van der Waals surface area contributed by atoms with Gasteiger partial charge in [0.15, 0.2) is 0 Å². The molecular formula is C16H17N3O5. The number of hydrogen-bond acceptors (Lipinski definition) is 7. The molecule has 0 unspecified atom stereocenters. The molecule has 1 aromatic heterocycles. The molecule has 0 spiro atoms. The summed E-state index contributed by atoms with van der Waals surface area (Å²) in [6.45, 7) is 0.176. The molecule has 24 heavy (non-hydrogen) atoms. The number of benzene rings is 1. The van der Waals surface area contributed by atoms with Crippen LogP contribution in [-0.4, -0.2) is 26.5 Å². The first kappa shape index (κ1) is 17.1. The van der Waals surface area contributed by atoms with E-state index in [1.165, 1.54) is 13.1 Å². The lowest BCUT2D eigenvalue weighted by Crippen LogP contribution is -2.25. The van der Waals surface area contributed by atoms with Crippen molar-refractivity contribution >= 4 is 23.9 Å². The minimum absolute atomic E-state index is 0.00991. The Morgan fingerprint density at radius 1 is 1.33 bits per heavy atom. The number of nitrogens with one attached hydrogen (secondary N) is 3. The van der Waals surface area contributed by atoms with Crippen LogP contribution in [0.2, 0.25) is 0 Å². The second-order valence-electron chi connectivity index (χ2n) is 4.72. The van der Waals surface area contributed by atoms with Crippen LogP contribution in [0.4, 0.5) is 11.6 Å². The Balaban J connectivity index is 2.34. The van der Waals surface area contributed by atoms with E-state index in [4.69, 9.17) is 9.15 Å². The predicted octanol–water partition coefficient (Wildman–Crippen LogP) is 1.19. The lowest BCUT2D eigenvalue weighted by Gasteiger charge is -2.13. The van der Waals surface area contributed by atoms with E-state index in [0.29, 0.717) is 11.3 Å². The fourth-order valence-electron chi connectivity index (χ4n) is 2.16. The molecule has 0 aliphatic carbocycles. The SMILES string of the molecule is CNc1oc(=O)cc(CNc2cccc(OC)c2)c1C(=O)NC=O. The van der Waals surface area contributed by atoms with Crippen molar-refractivity contribution < 1.29 is 18.7 Å². The van der Waals surface area contributed by atoms with Gasteiger partial charge in [0.25, 0.3) is 5.91 Å². The molecule has 8 heteroatoms. The zero-order chi connectivity index (χ0) is 17.5. The van der Waals surface area contributed by atoms with Crippen molar-refractivity contribution in [3.63, 3.8) is 0 Å². The minimum Gasteiger partial charge on any atom is -0.497 e. The summed E-state index contributed by atoms with van der Waals surface area (Å²) in [5.41, 5.74) is 0.608. The third-order valence-electron chi connectivity index (χ3n) is 3.24. The Morgan fingerprint density at radius 3 is 2.79 bits per heavy atom. The van der Waals surface area contributed by atoms with Gasteiger partial charge < -0.3 is 19.8 Å². The van der Waals surface area contributed by atoms with Gasteiger partial charge in [-0.3, -0.25) is 14.9 Å². The summed E-state index contributed by atoms with van der Waals surface area (Å²) in [5, 5.41) is 7.78. The van der Waals surface area contributed by atoms with Crippen LogP contribution < -0.4 is 26.3 Å². The number of ether oxygens (including phenoxy) is 1. The molecule has 126 valence electrons. The first-order valence-electron chi connectivity index (χ1n) is 7.06. The third kappa shape index (κ3) is 3.92. The zero-order valence-electron chi connectivity index (χ0n) is 13.2. The number of hydrogen-bond donors (Lipinski definition) is 3. The summed E-state index contributed by atoms with van der Waals surface area (Å²) >= 11 is 0. The molecule has 0 saturated carbocycles. The zero-order valence-corrected chi connectivity index (χ0v) is 13.2. The average Bonchev–Trinajstić information content (AvgIpc) is 2.59. The van der Waals surface area contributed by atoms with E-state index < -0.39 is 11.5 Å². The Labute approximate surface area is 137 Å². The van der Waals surface area contributed by atoms with Crippen LogP contribution in [0, 0.1) is 0 Å². The molecule has 8 nitrogen and oxygen atoms in total. The molecule has 0 aliphatic rings. The minimum atomic E-state index is -0.666. The summed E-state index contributed by atoms with van der Waals surface area (Å²) in [6, 6.07) is 8.39. The molecule has 1 aromatic carbocycles. The number of anilines is 2. The second kappa shape index (κ2) is 7.82. The van der Waals surface area contributed by atoms with E-state index in [1.807, 2.05) is 11.4 Å². The van der Waals surface area contributed by atoms with Crippen LogP contribution in [0.1, 0.15) is 15.9 Å². The van der Waals surface area contributed by atoms with Crippen LogP contribution in [0.5, 0.6) is 5.75 Å². The van der Waals surface area contributed by atoms with Crippen LogP contribution in [0.25, 0.3) is 0 Å². The molecule has 3 N–H and O–H groups in total. The van der Waals surface area contributed by atoms with Gasteiger partial charge in [-0.1, -0.05) is 6.07 Å². The molecule has 2 rings (SSSR count). The molecule has 1 heterocycles. The fourth-order valence-corrected chi connectivity index (χ4v) is 2.16. The van der Waals surface area contributed by atoms with Crippen molar-refractivity contribution in [1.82, 2.24) is 5.32 Å². The van der Waals surface area contributed by atoms with Gasteiger partial charge in [0, 0.05) is 31.4 Å². The maximum absolute atomic E-state index is 12.1. The van der Waals surface area contributed by atoms with Crippen molar-refractivity contribution in [2.75, 3.05) is 24.8 Å². The number of amides is 2. The van der Waals surface area contributed by atoms with Gasteiger partial charge in [-0.2, -0.15) is 0 Å². The van der Waals surface area contributed by atoms with Gasteiger partial charge in [-0.05, 0) is 17.7 Å². The highest BCUT2D eigenvalue weighted by atomic mass is 16.5. The van der Waals surface area contributed by atoms with Gasteiger partial charge in [-0.15, -0.1) is 0 Å². The molecule has 0 aliphatic heterocycles. The topological polar surface area (TPSA) is 110 Å². The van der Waals surface area contributed by atoms with Gasteiger partial charge in [0.05, 0.1) is 7.11 Å². The van der Waals surface area contributed by atoms with E-state index in [1.54, 1.807) is 25.3 Å². The maximum atomic E-state index is 12.1. The summed E-state index contributed by atoms with van der Waals surface area (Å²) in [4.78, 5) is 34.3. The molecule has 0 fully saturated rings. The van der Waals surface area contributed by atoms with E-state index in [0.717, 1.165) is 5.69 Å². The van der Waals surface area contributed by atoms with E-state index >= 15 is 0 Å². The Bertz CT molecular complexity index is 801. The van der Waals surface area contributed by atoms with Crippen LogP contribution in [-0.2, 0) is 11.3 Å².